The molecule has 2 aromatic carbocycles. The molecule has 4 aromatic rings. The van der Waals surface area contributed by atoms with E-state index in [1.54, 1.807) is 4.57 Å². The van der Waals surface area contributed by atoms with Crippen LogP contribution in [0.1, 0.15) is 18.9 Å². The Labute approximate surface area is 175 Å². The number of nitrogens with one attached hydrogen (secondary N) is 3. The number of nitrogens with zero attached hydrogens (tertiary/aromatic N) is 2. The van der Waals surface area contributed by atoms with Gasteiger partial charge in [0, 0.05) is 19.1 Å². The van der Waals surface area contributed by atoms with Crippen molar-refractivity contribution >= 4 is 32.0 Å². The van der Waals surface area contributed by atoms with E-state index in [2.05, 4.69) is 15.0 Å². The molecule has 0 bridgehead atoms. The van der Waals surface area contributed by atoms with Gasteiger partial charge in [-0.2, -0.15) is 4.31 Å². The van der Waals surface area contributed by atoms with Crippen LogP contribution >= 0.6 is 0 Å². The van der Waals surface area contributed by atoms with E-state index in [9.17, 15) is 22.8 Å². The zero-order chi connectivity index (χ0) is 21.8. The summed E-state index contributed by atoms with van der Waals surface area (Å²) in [4.78, 5) is 43.3. The first-order valence-corrected chi connectivity index (χ1v) is 11.2. The molecule has 0 spiro atoms. The van der Waals surface area contributed by atoms with E-state index >= 15 is 0 Å². The first kappa shape index (κ1) is 19.5. The molecule has 160 valence electrons. The Hall–Kier alpha value is -3.44. The highest BCUT2D eigenvalue weighted by Gasteiger charge is 2.31. The monoisotopic (exact) mass is 441 g/mol. The molecule has 11 heteroatoms. The molecule has 1 aliphatic heterocycles. The summed E-state index contributed by atoms with van der Waals surface area (Å²) >= 11 is 0. The second-order valence-corrected chi connectivity index (χ2v) is 9.51. The highest BCUT2D eigenvalue weighted by atomic mass is 32.2. The fourth-order valence-electron chi connectivity index (χ4n) is 4.23. The van der Waals surface area contributed by atoms with Crippen molar-refractivity contribution in [1.82, 2.24) is 23.8 Å². The van der Waals surface area contributed by atoms with Crippen LogP contribution in [0.3, 0.4) is 0 Å². The van der Waals surface area contributed by atoms with Gasteiger partial charge >= 0.3 is 11.4 Å². The molecule has 5 rings (SSSR count). The molecule has 0 unspecified atom stereocenters. The zero-order valence-electron chi connectivity index (χ0n) is 16.3. The number of aromatic nitrogens is 4. The van der Waals surface area contributed by atoms with Crippen LogP contribution in [0, 0.1) is 0 Å². The first-order chi connectivity index (χ1) is 14.8. The molecule has 1 saturated heterocycles. The van der Waals surface area contributed by atoms with E-state index in [0.717, 1.165) is 11.0 Å². The van der Waals surface area contributed by atoms with Crippen LogP contribution in [0.4, 0.5) is 0 Å². The number of fused-ring (bicyclic) bond motifs is 2. The predicted molar refractivity (Wildman–Crippen MR) is 115 cm³/mol. The van der Waals surface area contributed by atoms with E-state index in [-0.39, 0.29) is 40.6 Å². The largest absolute Gasteiger partial charge is 0.326 e. The summed E-state index contributed by atoms with van der Waals surface area (Å²) in [6.45, 7) is 0.498. The number of hydrogen-bond acceptors (Lipinski definition) is 5. The van der Waals surface area contributed by atoms with E-state index in [1.807, 2.05) is 24.3 Å². The third-order valence-corrected chi connectivity index (χ3v) is 7.66. The molecule has 2 aromatic heterocycles. The molecule has 0 radical (unpaired) electrons. The lowest BCUT2D eigenvalue weighted by molar-refractivity contribution is 0.274. The number of imidazole rings is 1. The Morgan fingerprint density at radius 3 is 2.39 bits per heavy atom. The Kier molecular flexibility index (Phi) is 4.45. The maximum atomic E-state index is 13.1. The van der Waals surface area contributed by atoms with E-state index in [0.29, 0.717) is 12.8 Å². The van der Waals surface area contributed by atoms with Crippen LogP contribution in [0.2, 0.25) is 0 Å². The number of benzene rings is 2. The second-order valence-electron chi connectivity index (χ2n) is 7.57. The number of sulfonamides is 1. The lowest BCUT2D eigenvalue weighted by Crippen LogP contribution is -2.40. The summed E-state index contributed by atoms with van der Waals surface area (Å²) in [6.07, 6.45) is 0.977. The smallest absolute Gasteiger partial charge is 0.307 e. The summed E-state index contributed by atoms with van der Waals surface area (Å²) in [5.74, 6) is 0. The van der Waals surface area contributed by atoms with Gasteiger partial charge in [-0.3, -0.25) is 14.3 Å². The first-order valence-electron chi connectivity index (χ1n) is 9.80. The third-order valence-electron chi connectivity index (χ3n) is 5.76. The molecule has 1 fully saturated rings. The lowest BCUT2D eigenvalue weighted by atomic mass is 10.1. The molecular weight excluding hydrogens is 422 g/mol. The molecule has 0 aliphatic carbocycles. The van der Waals surface area contributed by atoms with Crippen LogP contribution in [-0.4, -0.2) is 45.3 Å². The van der Waals surface area contributed by atoms with Crippen LogP contribution in [0.25, 0.3) is 21.9 Å². The average molecular weight is 441 g/mol. The summed E-state index contributed by atoms with van der Waals surface area (Å²) in [6, 6.07) is 11.4. The highest BCUT2D eigenvalue weighted by molar-refractivity contribution is 7.89. The SMILES string of the molecule is O=c1[nH]c(=O)c2cc(S(=O)(=O)N3CCC(n4c(=O)[nH]c5ccccc54)CC3)ccc2[nH]1. The van der Waals surface area contributed by atoms with Crippen molar-refractivity contribution < 1.29 is 8.42 Å². The quantitative estimate of drug-likeness (QED) is 0.433. The number of rotatable bonds is 3. The number of para-hydroxylation sites is 2. The molecule has 3 N–H and O–H groups in total. The van der Waals surface area contributed by atoms with Gasteiger partial charge in [-0.05, 0) is 43.2 Å². The molecule has 0 saturated carbocycles. The Morgan fingerprint density at radius 2 is 1.61 bits per heavy atom. The Bertz CT molecular complexity index is 1590. The van der Waals surface area contributed by atoms with Crippen LogP contribution in [0.5, 0.6) is 0 Å². The van der Waals surface area contributed by atoms with Crippen molar-refractivity contribution in [3.8, 4) is 0 Å². The summed E-state index contributed by atoms with van der Waals surface area (Å²) in [7, 11) is -3.83. The lowest BCUT2D eigenvalue weighted by Gasteiger charge is -2.31. The summed E-state index contributed by atoms with van der Waals surface area (Å²) in [5, 5.41) is 0.0981. The van der Waals surface area contributed by atoms with Gasteiger partial charge < -0.3 is 9.97 Å². The van der Waals surface area contributed by atoms with Gasteiger partial charge in [0.25, 0.3) is 5.56 Å². The molecular formula is C20H19N5O5S. The maximum absolute atomic E-state index is 13.1. The van der Waals surface area contributed by atoms with E-state index in [4.69, 9.17) is 0 Å². The third kappa shape index (κ3) is 3.22. The number of piperidine rings is 1. The van der Waals surface area contributed by atoms with Crippen molar-refractivity contribution in [3.05, 3.63) is 73.8 Å². The average Bonchev–Trinajstić information content (AvgIpc) is 3.09. The van der Waals surface area contributed by atoms with Gasteiger partial charge in [-0.1, -0.05) is 12.1 Å². The topological polar surface area (TPSA) is 141 Å². The van der Waals surface area contributed by atoms with Gasteiger partial charge in [0.05, 0.1) is 26.8 Å². The molecule has 31 heavy (non-hydrogen) atoms. The van der Waals surface area contributed by atoms with Crippen molar-refractivity contribution in [2.75, 3.05) is 13.1 Å². The van der Waals surface area contributed by atoms with Gasteiger partial charge in [0.1, 0.15) is 0 Å². The van der Waals surface area contributed by atoms with Gasteiger partial charge in [0.2, 0.25) is 10.0 Å². The minimum Gasteiger partial charge on any atom is -0.307 e. The zero-order valence-corrected chi connectivity index (χ0v) is 17.1. The van der Waals surface area contributed by atoms with Crippen molar-refractivity contribution in [1.29, 1.82) is 0 Å². The number of H-pyrrole nitrogens is 3. The second kappa shape index (κ2) is 7.06. The molecule has 10 nitrogen and oxygen atoms in total. The van der Waals surface area contributed by atoms with Crippen molar-refractivity contribution in [2.45, 2.75) is 23.8 Å². The number of aromatic amines is 3. The normalized spacial score (nSPS) is 16.3. The Balaban J connectivity index is 1.43. The van der Waals surface area contributed by atoms with Crippen molar-refractivity contribution in [3.63, 3.8) is 0 Å². The molecule has 1 aliphatic rings. The predicted octanol–water partition coefficient (Wildman–Crippen LogP) is 0.885. The molecule has 3 heterocycles. The highest BCUT2D eigenvalue weighted by Crippen LogP contribution is 2.28. The summed E-state index contributed by atoms with van der Waals surface area (Å²) in [5.41, 5.74) is 0.324. The van der Waals surface area contributed by atoms with E-state index < -0.39 is 21.3 Å². The Morgan fingerprint density at radius 1 is 0.871 bits per heavy atom. The maximum Gasteiger partial charge on any atom is 0.326 e. The van der Waals surface area contributed by atoms with Gasteiger partial charge in [0.15, 0.2) is 0 Å². The minimum atomic E-state index is -3.83. The van der Waals surface area contributed by atoms with Crippen LogP contribution in [0.15, 0.2) is 61.7 Å². The van der Waals surface area contributed by atoms with Gasteiger partial charge in [-0.15, -0.1) is 0 Å². The minimum absolute atomic E-state index is 0.0136. The fourth-order valence-corrected chi connectivity index (χ4v) is 5.73. The summed E-state index contributed by atoms with van der Waals surface area (Å²) < 4.78 is 29.4. The van der Waals surface area contributed by atoms with Crippen LogP contribution in [-0.2, 0) is 10.0 Å². The fraction of sp³-hybridized carbons (Fsp3) is 0.250. The van der Waals surface area contributed by atoms with Crippen molar-refractivity contribution in [2.24, 2.45) is 0 Å². The van der Waals surface area contributed by atoms with E-state index in [1.165, 1.54) is 22.5 Å². The van der Waals surface area contributed by atoms with Gasteiger partial charge in [-0.25, -0.2) is 18.0 Å². The standard InChI is InChI=1S/C20H19N5O5S/c26-18-14-11-13(5-6-15(14)21-19(27)23-18)31(29,30)24-9-7-12(8-10-24)25-17-4-2-1-3-16(17)22-20(25)28/h1-6,11-12H,7-10H2,(H,22,28)(H2,21,23,26,27). The number of hydrogen-bond donors (Lipinski definition) is 3. The molecule has 0 atom stereocenters. The molecule has 0 amide bonds. The van der Waals surface area contributed by atoms with Crippen LogP contribution < -0.4 is 16.9 Å².